The van der Waals surface area contributed by atoms with Gasteiger partial charge in [0.15, 0.2) is 0 Å². The van der Waals surface area contributed by atoms with Crippen molar-refractivity contribution in [3.63, 3.8) is 0 Å². The second kappa shape index (κ2) is 9.53. The minimum absolute atomic E-state index is 0.0154. The Bertz CT molecular complexity index is 744. The maximum absolute atomic E-state index is 7.69. The van der Waals surface area contributed by atoms with Gasteiger partial charge in [-0.3, -0.25) is 0 Å². The molecule has 0 radical (unpaired) electrons. The van der Waals surface area contributed by atoms with Crippen LogP contribution in [0.5, 0.6) is 0 Å². The van der Waals surface area contributed by atoms with Crippen LogP contribution in [0, 0.1) is 11.3 Å². The molecule has 0 bridgehead atoms. The van der Waals surface area contributed by atoms with Crippen molar-refractivity contribution in [3.05, 3.63) is 42.4 Å². The molecule has 5 nitrogen and oxygen atoms in total. The molecule has 2 rings (SSSR count). The van der Waals surface area contributed by atoms with Gasteiger partial charge >= 0.3 is 0 Å². The zero-order chi connectivity index (χ0) is 19.1. The van der Waals surface area contributed by atoms with Gasteiger partial charge in [0.2, 0.25) is 0 Å². The van der Waals surface area contributed by atoms with Crippen molar-refractivity contribution >= 4 is 17.1 Å². The van der Waals surface area contributed by atoms with E-state index in [4.69, 9.17) is 5.41 Å². The predicted octanol–water partition coefficient (Wildman–Crippen LogP) is 3.89. The van der Waals surface area contributed by atoms with Gasteiger partial charge in [0.1, 0.15) is 5.65 Å². The Balaban J connectivity index is 1.90. The minimum Gasteiger partial charge on any atom is -0.377 e. The van der Waals surface area contributed by atoms with Crippen LogP contribution < -0.4 is 10.6 Å². The average Bonchev–Trinajstić information content (AvgIpc) is 2.99. The molecular weight excluding hydrogens is 322 g/mol. The molecule has 0 aliphatic rings. The normalized spacial score (nSPS) is 12.5. The van der Waals surface area contributed by atoms with Crippen LogP contribution in [0.15, 0.2) is 31.1 Å². The van der Waals surface area contributed by atoms with Gasteiger partial charge in [0, 0.05) is 42.3 Å². The van der Waals surface area contributed by atoms with Crippen molar-refractivity contribution in [2.75, 3.05) is 13.1 Å². The highest BCUT2D eigenvalue weighted by Crippen LogP contribution is 2.14. The molecule has 2 aromatic heterocycles. The summed E-state index contributed by atoms with van der Waals surface area (Å²) in [5, 5.41) is 14.5. The van der Waals surface area contributed by atoms with Crippen LogP contribution in [0.3, 0.4) is 0 Å². The van der Waals surface area contributed by atoms with Gasteiger partial charge in [-0.25, -0.2) is 4.98 Å². The Morgan fingerprint density at radius 3 is 2.69 bits per heavy atom. The maximum Gasteiger partial charge on any atom is 0.137 e. The van der Waals surface area contributed by atoms with E-state index in [0.29, 0.717) is 5.71 Å². The maximum atomic E-state index is 7.69. The van der Waals surface area contributed by atoms with E-state index in [1.54, 1.807) is 6.92 Å². The summed E-state index contributed by atoms with van der Waals surface area (Å²) in [7, 11) is 0. The lowest BCUT2D eigenvalue weighted by molar-refractivity contribution is 0.528. The molecule has 142 valence electrons. The first kappa shape index (κ1) is 20.2. The van der Waals surface area contributed by atoms with Crippen LogP contribution in [-0.4, -0.2) is 34.2 Å². The van der Waals surface area contributed by atoms with E-state index in [2.05, 4.69) is 46.6 Å². The van der Waals surface area contributed by atoms with E-state index in [-0.39, 0.29) is 6.04 Å². The third kappa shape index (κ3) is 5.99. The molecule has 5 heteroatoms. The molecular formula is C21H33N5. The number of hydrogen-bond acceptors (Lipinski definition) is 4. The standard InChI is InChI=1S/C21H33N5/c1-15(2)7-6-11-23-12-10-20-14-26-13-19(8-9-21(26)25-20)18(5)24-17(4)16(3)22/h8-9,13-15,17,22-24H,5-7,10-12H2,1-4H3. The number of hydrogen-bond donors (Lipinski definition) is 3. The number of imidazole rings is 1. The zero-order valence-electron chi connectivity index (χ0n) is 16.6. The van der Waals surface area contributed by atoms with Gasteiger partial charge in [-0.1, -0.05) is 20.4 Å². The number of nitrogens with one attached hydrogen (secondary N) is 3. The molecule has 0 saturated carbocycles. The summed E-state index contributed by atoms with van der Waals surface area (Å²) in [5.74, 6) is 0.777. The topological polar surface area (TPSA) is 65.2 Å². The third-order valence-electron chi connectivity index (χ3n) is 4.58. The number of aromatic nitrogens is 2. The van der Waals surface area contributed by atoms with Gasteiger partial charge in [-0.2, -0.15) is 0 Å². The van der Waals surface area contributed by atoms with E-state index in [0.717, 1.165) is 48.0 Å². The first-order valence-corrected chi connectivity index (χ1v) is 9.56. The summed E-state index contributed by atoms with van der Waals surface area (Å²) in [5.41, 5.74) is 4.49. The van der Waals surface area contributed by atoms with Crippen LogP contribution in [0.2, 0.25) is 0 Å². The first-order valence-electron chi connectivity index (χ1n) is 9.56. The van der Waals surface area contributed by atoms with E-state index in [1.807, 2.05) is 25.3 Å². The molecule has 0 fully saturated rings. The van der Waals surface area contributed by atoms with E-state index in [9.17, 15) is 0 Å². The Morgan fingerprint density at radius 2 is 2.00 bits per heavy atom. The quantitative estimate of drug-likeness (QED) is 0.423. The first-order chi connectivity index (χ1) is 12.4. The van der Waals surface area contributed by atoms with Crippen LogP contribution in [0.4, 0.5) is 0 Å². The number of nitrogens with zero attached hydrogens (tertiary/aromatic N) is 2. The van der Waals surface area contributed by atoms with Gasteiger partial charge in [-0.15, -0.1) is 0 Å². The molecule has 0 aliphatic heterocycles. The number of rotatable bonds is 11. The highest BCUT2D eigenvalue weighted by molar-refractivity contribution is 5.85. The third-order valence-corrected chi connectivity index (χ3v) is 4.58. The predicted molar refractivity (Wildman–Crippen MR) is 111 cm³/mol. The number of fused-ring (bicyclic) bond motifs is 1. The van der Waals surface area contributed by atoms with Gasteiger partial charge in [0.25, 0.3) is 0 Å². The molecule has 2 heterocycles. The van der Waals surface area contributed by atoms with Gasteiger partial charge in [-0.05, 0) is 51.3 Å². The van der Waals surface area contributed by atoms with Crippen molar-refractivity contribution in [3.8, 4) is 0 Å². The Labute approximate surface area is 157 Å². The second-order valence-electron chi connectivity index (χ2n) is 7.48. The molecule has 0 amide bonds. The van der Waals surface area contributed by atoms with Gasteiger partial charge < -0.3 is 20.4 Å². The van der Waals surface area contributed by atoms with E-state index in [1.165, 1.54) is 12.8 Å². The fourth-order valence-electron chi connectivity index (χ4n) is 2.77. The molecule has 0 aliphatic carbocycles. The number of pyridine rings is 1. The highest BCUT2D eigenvalue weighted by Gasteiger charge is 2.08. The summed E-state index contributed by atoms with van der Waals surface area (Å²) in [6.45, 7) is 14.4. The molecule has 1 atom stereocenters. The summed E-state index contributed by atoms with van der Waals surface area (Å²) < 4.78 is 2.05. The summed E-state index contributed by atoms with van der Waals surface area (Å²) in [4.78, 5) is 4.69. The highest BCUT2D eigenvalue weighted by atomic mass is 15.0. The Morgan fingerprint density at radius 1 is 1.23 bits per heavy atom. The van der Waals surface area contributed by atoms with Crippen LogP contribution in [0.1, 0.15) is 51.8 Å². The van der Waals surface area contributed by atoms with Crippen LogP contribution in [-0.2, 0) is 6.42 Å². The fourth-order valence-corrected chi connectivity index (χ4v) is 2.77. The lowest BCUT2D eigenvalue weighted by Gasteiger charge is -2.16. The molecule has 0 spiro atoms. The van der Waals surface area contributed by atoms with Crippen molar-refractivity contribution in [1.29, 1.82) is 5.41 Å². The van der Waals surface area contributed by atoms with E-state index < -0.39 is 0 Å². The molecule has 0 saturated heterocycles. The van der Waals surface area contributed by atoms with Crippen molar-refractivity contribution in [2.45, 2.75) is 53.0 Å². The Hall–Kier alpha value is -2.14. The van der Waals surface area contributed by atoms with Crippen molar-refractivity contribution in [2.24, 2.45) is 5.92 Å². The minimum atomic E-state index is -0.0154. The summed E-state index contributed by atoms with van der Waals surface area (Å²) >= 11 is 0. The SMILES string of the molecule is C=C(NC(C)C(C)=N)c1ccc2nc(CCNCCCC(C)C)cn2c1. The van der Waals surface area contributed by atoms with Crippen molar-refractivity contribution in [1.82, 2.24) is 20.0 Å². The second-order valence-corrected chi connectivity index (χ2v) is 7.48. The lowest BCUT2D eigenvalue weighted by atomic mass is 10.1. The summed E-state index contributed by atoms with van der Waals surface area (Å²) in [6.07, 6.45) is 7.57. The van der Waals surface area contributed by atoms with Gasteiger partial charge in [0.05, 0.1) is 11.7 Å². The van der Waals surface area contributed by atoms with E-state index >= 15 is 0 Å². The van der Waals surface area contributed by atoms with Crippen LogP contribution >= 0.6 is 0 Å². The van der Waals surface area contributed by atoms with Crippen LogP contribution in [0.25, 0.3) is 11.3 Å². The lowest BCUT2D eigenvalue weighted by Crippen LogP contribution is -2.30. The zero-order valence-corrected chi connectivity index (χ0v) is 16.6. The molecule has 3 N–H and O–H groups in total. The molecule has 26 heavy (non-hydrogen) atoms. The monoisotopic (exact) mass is 355 g/mol. The fraction of sp³-hybridized carbons (Fsp3) is 0.524. The molecule has 1 unspecified atom stereocenters. The Kier molecular flexibility index (Phi) is 7.39. The average molecular weight is 356 g/mol. The smallest absolute Gasteiger partial charge is 0.137 e. The largest absolute Gasteiger partial charge is 0.377 e. The molecule has 0 aromatic carbocycles. The van der Waals surface area contributed by atoms with Crippen molar-refractivity contribution < 1.29 is 0 Å². The summed E-state index contributed by atoms with van der Waals surface area (Å²) in [6, 6.07) is 4.03. The molecule has 2 aromatic rings.